The summed E-state index contributed by atoms with van der Waals surface area (Å²) in [6, 6.07) is 0. The fourth-order valence-electron chi connectivity index (χ4n) is 6.14. The van der Waals surface area contributed by atoms with Crippen molar-refractivity contribution in [2.75, 3.05) is 0 Å². The molecular formula is C40H56O2. The smallest absolute Gasteiger partial charge is 0.0729 e. The van der Waals surface area contributed by atoms with E-state index in [9.17, 15) is 10.2 Å². The molecule has 0 bridgehead atoms. The second kappa shape index (κ2) is 16.1. The van der Waals surface area contributed by atoms with Gasteiger partial charge in [0.05, 0.1) is 12.2 Å². The first-order valence-electron chi connectivity index (χ1n) is 15.4. The SMILES string of the molecule is CC1=CC(O)CC(C)(C)C1/C=C/C(C)=C/C=C/C(C)=C/C=C/C=C(C)/C=C/C=C(C)/C=C/C1=C(C)CC(O)CC1(C)C. The van der Waals surface area contributed by atoms with Crippen LogP contribution >= 0.6 is 0 Å². The molecule has 0 saturated heterocycles. The molecular weight excluding hydrogens is 512 g/mol. The highest BCUT2D eigenvalue weighted by atomic mass is 16.3. The molecule has 0 saturated carbocycles. The Morgan fingerprint density at radius 1 is 0.714 bits per heavy atom. The lowest BCUT2D eigenvalue weighted by atomic mass is 9.67. The first kappa shape index (κ1) is 35.3. The molecule has 0 aromatic rings. The normalized spacial score (nSPS) is 26.6. The average molecular weight is 569 g/mol. The van der Waals surface area contributed by atoms with Crippen LogP contribution < -0.4 is 0 Å². The summed E-state index contributed by atoms with van der Waals surface area (Å²) in [5.74, 6) is 0.348. The van der Waals surface area contributed by atoms with E-state index in [1.165, 1.54) is 39.0 Å². The van der Waals surface area contributed by atoms with Crippen molar-refractivity contribution in [2.45, 2.75) is 101 Å². The van der Waals surface area contributed by atoms with Crippen molar-refractivity contribution in [1.29, 1.82) is 0 Å². The number of aliphatic hydroxyl groups is 2. The summed E-state index contributed by atoms with van der Waals surface area (Å²) in [6.45, 7) is 21.6. The van der Waals surface area contributed by atoms with Gasteiger partial charge in [-0.25, -0.2) is 0 Å². The molecule has 3 atom stereocenters. The van der Waals surface area contributed by atoms with Gasteiger partial charge in [0.1, 0.15) is 0 Å². The molecule has 0 aromatic heterocycles. The Labute approximate surface area is 257 Å². The van der Waals surface area contributed by atoms with E-state index < -0.39 is 0 Å². The summed E-state index contributed by atoms with van der Waals surface area (Å²) in [5, 5.41) is 20.2. The molecule has 0 radical (unpaired) electrons. The summed E-state index contributed by atoms with van der Waals surface area (Å²) < 4.78 is 0. The van der Waals surface area contributed by atoms with E-state index in [1.54, 1.807) is 0 Å². The molecule has 42 heavy (non-hydrogen) atoms. The van der Waals surface area contributed by atoms with Gasteiger partial charge in [-0.1, -0.05) is 152 Å². The summed E-state index contributed by atoms with van der Waals surface area (Å²) in [6.07, 6.45) is 33.8. The van der Waals surface area contributed by atoms with E-state index in [-0.39, 0.29) is 23.0 Å². The fraction of sp³-hybridized carbons (Fsp3) is 0.450. The molecule has 3 unspecified atom stereocenters. The predicted octanol–water partition coefficient (Wildman–Crippen LogP) is 10.4. The van der Waals surface area contributed by atoms with Gasteiger partial charge in [0.2, 0.25) is 0 Å². The Bertz CT molecular complexity index is 1270. The van der Waals surface area contributed by atoms with Crippen molar-refractivity contribution in [3.63, 3.8) is 0 Å². The third-order valence-corrected chi connectivity index (χ3v) is 8.33. The zero-order chi connectivity index (χ0) is 31.5. The molecule has 0 heterocycles. The van der Waals surface area contributed by atoms with E-state index in [0.717, 1.165) is 19.3 Å². The van der Waals surface area contributed by atoms with Gasteiger partial charge in [-0.15, -0.1) is 0 Å². The molecule has 2 heteroatoms. The summed E-state index contributed by atoms with van der Waals surface area (Å²) in [4.78, 5) is 0. The van der Waals surface area contributed by atoms with Gasteiger partial charge in [-0.3, -0.25) is 0 Å². The summed E-state index contributed by atoms with van der Waals surface area (Å²) >= 11 is 0. The molecule has 228 valence electrons. The maximum Gasteiger partial charge on any atom is 0.0729 e. The maximum atomic E-state index is 10.1. The third-order valence-electron chi connectivity index (χ3n) is 8.33. The molecule has 2 N–H and O–H groups in total. The summed E-state index contributed by atoms with van der Waals surface area (Å²) in [7, 11) is 0. The minimum atomic E-state index is -0.331. The molecule has 0 spiro atoms. The lowest BCUT2D eigenvalue weighted by molar-refractivity contribution is 0.116. The zero-order valence-corrected chi connectivity index (χ0v) is 27.9. The van der Waals surface area contributed by atoms with Crippen LogP contribution in [0.3, 0.4) is 0 Å². The largest absolute Gasteiger partial charge is 0.393 e. The van der Waals surface area contributed by atoms with Gasteiger partial charge in [-0.2, -0.15) is 0 Å². The quantitative estimate of drug-likeness (QED) is 0.203. The van der Waals surface area contributed by atoms with Crippen molar-refractivity contribution < 1.29 is 10.2 Å². The Kier molecular flexibility index (Phi) is 13.5. The second-order valence-corrected chi connectivity index (χ2v) is 13.7. The van der Waals surface area contributed by atoms with Gasteiger partial charge in [0.25, 0.3) is 0 Å². The van der Waals surface area contributed by atoms with Crippen LogP contribution in [0.4, 0.5) is 0 Å². The van der Waals surface area contributed by atoms with Gasteiger partial charge < -0.3 is 10.2 Å². The van der Waals surface area contributed by atoms with Gasteiger partial charge >= 0.3 is 0 Å². The monoisotopic (exact) mass is 568 g/mol. The van der Waals surface area contributed by atoms with Crippen LogP contribution in [-0.4, -0.2) is 22.4 Å². The first-order chi connectivity index (χ1) is 19.6. The van der Waals surface area contributed by atoms with Crippen molar-refractivity contribution in [3.8, 4) is 0 Å². The maximum absolute atomic E-state index is 10.1. The minimum Gasteiger partial charge on any atom is -0.393 e. The van der Waals surface area contributed by atoms with Crippen LogP contribution in [-0.2, 0) is 0 Å². The van der Waals surface area contributed by atoms with Crippen LogP contribution in [0.25, 0.3) is 0 Å². The minimum absolute atomic E-state index is 0.00528. The standard InChI is InChI=1S/C40H56O2/c1-29(17-13-19-31(3)21-23-37-33(5)25-35(41)27-39(37,7)8)15-11-12-16-30(2)18-14-20-32(4)22-24-38-34(6)26-36(42)28-40(38,9)10/h11-25,35-37,41-42H,26-28H2,1-10H3/b12-11+,17-13+,18-14+,23-21+,24-22+,29-15+,30-16+,31-19+,32-20+. The number of rotatable bonds is 10. The highest BCUT2D eigenvalue weighted by molar-refractivity contribution is 5.38. The van der Waals surface area contributed by atoms with Crippen LogP contribution in [0.5, 0.6) is 0 Å². The van der Waals surface area contributed by atoms with Gasteiger partial charge in [0, 0.05) is 5.92 Å². The Morgan fingerprint density at radius 2 is 1.21 bits per heavy atom. The summed E-state index contributed by atoms with van der Waals surface area (Å²) in [5.41, 5.74) is 8.73. The van der Waals surface area contributed by atoms with Crippen LogP contribution in [0.1, 0.15) is 88.5 Å². The molecule has 2 nitrogen and oxygen atoms in total. The average Bonchev–Trinajstić information content (AvgIpc) is 2.84. The second-order valence-electron chi connectivity index (χ2n) is 13.7. The topological polar surface area (TPSA) is 40.5 Å². The van der Waals surface area contributed by atoms with Crippen molar-refractivity contribution in [2.24, 2.45) is 16.7 Å². The highest BCUT2D eigenvalue weighted by Gasteiger charge is 2.34. The molecule has 2 rings (SSSR count). The first-order valence-corrected chi connectivity index (χ1v) is 15.4. The predicted molar refractivity (Wildman–Crippen MR) is 184 cm³/mol. The third kappa shape index (κ3) is 11.7. The fourth-order valence-corrected chi connectivity index (χ4v) is 6.14. The molecule has 2 aliphatic carbocycles. The molecule has 0 aromatic carbocycles. The number of allylic oxidation sites excluding steroid dienone is 20. The Hall–Kier alpha value is -2.94. The lowest BCUT2D eigenvalue weighted by Crippen LogP contribution is -2.32. The zero-order valence-electron chi connectivity index (χ0n) is 27.9. The van der Waals surface area contributed by atoms with Gasteiger partial charge in [-0.05, 0) is 77.2 Å². The van der Waals surface area contributed by atoms with E-state index >= 15 is 0 Å². The van der Waals surface area contributed by atoms with Gasteiger partial charge in [0.15, 0.2) is 0 Å². The van der Waals surface area contributed by atoms with Crippen molar-refractivity contribution in [3.05, 3.63) is 130 Å². The van der Waals surface area contributed by atoms with E-state index in [1.807, 2.05) is 6.08 Å². The Morgan fingerprint density at radius 3 is 1.74 bits per heavy atom. The molecule has 2 aliphatic rings. The number of hydrogen-bond acceptors (Lipinski definition) is 2. The molecule has 0 fully saturated rings. The number of aliphatic hydroxyl groups excluding tert-OH is 2. The van der Waals surface area contributed by atoms with Crippen LogP contribution in [0, 0.1) is 16.7 Å². The van der Waals surface area contributed by atoms with Crippen LogP contribution in [0.15, 0.2) is 130 Å². The highest BCUT2D eigenvalue weighted by Crippen LogP contribution is 2.42. The molecule has 0 amide bonds. The van der Waals surface area contributed by atoms with Crippen molar-refractivity contribution >= 4 is 0 Å². The van der Waals surface area contributed by atoms with E-state index in [2.05, 4.69) is 154 Å². The van der Waals surface area contributed by atoms with Crippen molar-refractivity contribution in [1.82, 2.24) is 0 Å². The number of hydrogen-bond donors (Lipinski definition) is 2. The Balaban J connectivity index is 1.90. The van der Waals surface area contributed by atoms with Crippen LogP contribution in [0.2, 0.25) is 0 Å². The van der Waals surface area contributed by atoms with E-state index in [4.69, 9.17) is 0 Å². The molecule has 0 aliphatic heterocycles. The lowest BCUT2D eigenvalue weighted by Gasteiger charge is -2.38. The van der Waals surface area contributed by atoms with E-state index in [0.29, 0.717) is 5.92 Å².